The number of hydrogen-bond donors (Lipinski definition) is 2. The van der Waals surface area contributed by atoms with Gasteiger partial charge in [0.25, 0.3) is 0 Å². The normalized spacial score (nSPS) is 27.1. The minimum absolute atomic E-state index is 0.176. The van der Waals surface area contributed by atoms with Gasteiger partial charge in [-0.05, 0) is 6.42 Å². The zero-order valence-corrected chi connectivity index (χ0v) is 7.97. The molecule has 0 spiro atoms. The van der Waals surface area contributed by atoms with Crippen molar-refractivity contribution in [1.82, 2.24) is 4.90 Å². The summed E-state index contributed by atoms with van der Waals surface area (Å²) in [5.74, 6) is -1.51. The Morgan fingerprint density at radius 2 is 2.14 bits per heavy atom. The first-order valence-electron chi connectivity index (χ1n) is 4.36. The number of carbonyl (C=O) groups is 2. The summed E-state index contributed by atoms with van der Waals surface area (Å²) in [6.07, 6.45) is -0.116. The quantitative estimate of drug-likeness (QED) is 0.597. The molecule has 6 heteroatoms. The van der Waals surface area contributed by atoms with Crippen LogP contribution in [0.1, 0.15) is 6.42 Å². The summed E-state index contributed by atoms with van der Waals surface area (Å²) >= 11 is 0. The van der Waals surface area contributed by atoms with Crippen molar-refractivity contribution in [3.05, 3.63) is 0 Å². The zero-order chi connectivity index (χ0) is 10.7. The zero-order valence-electron chi connectivity index (χ0n) is 7.97. The molecule has 1 heterocycles. The first kappa shape index (κ1) is 10.8. The van der Waals surface area contributed by atoms with Crippen molar-refractivity contribution in [2.75, 3.05) is 20.2 Å². The van der Waals surface area contributed by atoms with Gasteiger partial charge in [-0.3, -0.25) is 4.79 Å². The van der Waals surface area contributed by atoms with Crippen molar-refractivity contribution >= 4 is 12.1 Å². The van der Waals surface area contributed by atoms with E-state index in [0.29, 0.717) is 13.0 Å². The number of carboxylic acid groups (broad SMARTS) is 1. The van der Waals surface area contributed by atoms with Gasteiger partial charge in [0.15, 0.2) is 0 Å². The number of likely N-dealkylation sites (tertiary alicyclic amines) is 1. The molecule has 1 amide bonds. The van der Waals surface area contributed by atoms with Crippen LogP contribution >= 0.6 is 0 Å². The van der Waals surface area contributed by atoms with Gasteiger partial charge in [-0.1, -0.05) is 0 Å². The van der Waals surface area contributed by atoms with E-state index in [1.807, 2.05) is 0 Å². The average molecular weight is 202 g/mol. The molecule has 1 rings (SSSR count). The van der Waals surface area contributed by atoms with Crippen LogP contribution in [0.25, 0.3) is 0 Å². The van der Waals surface area contributed by atoms with Gasteiger partial charge in [-0.25, -0.2) is 4.79 Å². The third kappa shape index (κ3) is 2.35. The minimum Gasteiger partial charge on any atom is -0.481 e. The Morgan fingerprint density at radius 1 is 1.50 bits per heavy atom. The van der Waals surface area contributed by atoms with E-state index in [1.165, 1.54) is 12.0 Å². The molecule has 80 valence electrons. The lowest BCUT2D eigenvalue weighted by Gasteiger charge is -2.33. The molecule has 1 aliphatic rings. The maximum atomic E-state index is 11.1. The Hall–Kier alpha value is -1.30. The molecule has 0 aliphatic carbocycles. The summed E-state index contributed by atoms with van der Waals surface area (Å²) in [6.45, 7) is 0.534. The summed E-state index contributed by atoms with van der Waals surface area (Å²) < 4.78 is 4.50. The van der Waals surface area contributed by atoms with Crippen LogP contribution in [0.2, 0.25) is 0 Å². The number of nitrogens with two attached hydrogens (primary N) is 1. The Kier molecular flexibility index (Phi) is 3.29. The maximum Gasteiger partial charge on any atom is 0.409 e. The van der Waals surface area contributed by atoms with Gasteiger partial charge in [0, 0.05) is 19.1 Å². The van der Waals surface area contributed by atoms with E-state index < -0.39 is 18.0 Å². The number of carbonyl (C=O) groups excluding carboxylic acids is 1. The summed E-state index contributed by atoms with van der Waals surface area (Å²) in [6, 6.07) is -0.288. The van der Waals surface area contributed by atoms with Crippen LogP contribution in [-0.4, -0.2) is 48.3 Å². The third-order valence-electron chi connectivity index (χ3n) is 2.26. The van der Waals surface area contributed by atoms with Crippen LogP contribution in [0.4, 0.5) is 4.79 Å². The summed E-state index contributed by atoms with van der Waals surface area (Å²) in [5.41, 5.74) is 5.63. The van der Waals surface area contributed by atoms with Gasteiger partial charge >= 0.3 is 12.1 Å². The molecule has 1 aliphatic heterocycles. The van der Waals surface area contributed by atoms with Crippen LogP contribution in [0.15, 0.2) is 0 Å². The van der Waals surface area contributed by atoms with Crippen molar-refractivity contribution in [2.45, 2.75) is 12.5 Å². The summed E-state index contributed by atoms with van der Waals surface area (Å²) in [5, 5.41) is 8.79. The molecule has 0 aromatic carbocycles. The SMILES string of the molecule is COC(=O)N1CC(N)CC(C(=O)O)C1. The minimum atomic E-state index is -0.922. The highest BCUT2D eigenvalue weighted by Gasteiger charge is 2.32. The summed E-state index contributed by atoms with van der Waals surface area (Å²) in [4.78, 5) is 23.2. The molecule has 2 unspecified atom stereocenters. The molecule has 1 fully saturated rings. The first-order valence-corrected chi connectivity index (χ1v) is 4.36. The van der Waals surface area contributed by atoms with Gasteiger partial charge in [0.05, 0.1) is 13.0 Å². The van der Waals surface area contributed by atoms with Crippen molar-refractivity contribution in [2.24, 2.45) is 11.7 Å². The highest BCUT2D eigenvalue weighted by atomic mass is 16.5. The molecule has 0 aromatic heterocycles. The molecule has 6 nitrogen and oxygen atoms in total. The highest BCUT2D eigenvalue weighted by Crippen LogP contribution is 2.16. The van der Waals surface area contributed by atoms with E-state index in [4.69, 9.17) is 10.8 Å². The molecular weight excluding hydrogens is 188 g/mol. The molecule has 14 heavy (non-hydrogen) atoms. The lowest BCUT2D eigenvalue weighted by molar-refractivity contribution is -0.143. The summed E-state index contributed by atoms with van der Waals surface area (Å²) in [7, 11) is 1.26. The average Bonchev–Trinajstić information content (AvgIpc) is 2.15. The Morgan fingerprint density at radius 3 is 2.64 bits per heavy atom. The predicted octanol–water partition coefficient (Wildman–Crippen LogP) is -0.513. The molecule has 0 saturated carbocycles. The lowest BCUT2D eigenvalue weighted by atomic mass is 9.95. The van der Waals surface area contributed by atoms with Crippen molar-refractivity contribution in [3.8, 4) is 0 Å². The molecule has 0 radical (unpaired) electrons. The first-order chi connectivity index (χ1) is 6.54. The fraction of sp³-hybridized carbons (Fsp3) is 0.750. The van der Waals surface area contributed by atoms with Gasteiger partial charge in [0.2, 0.25) is 0 Å². The van der Waals surface area contributed by atoms with Crippen molar-refractivity contribution < 1.29 is 19.4 Å². The van der Waals surface area contributed by atoms with E-state index in [2.05, 4.69) is 4.74 Å². The predicted molar refractivity (Wildman–Crippen MR) is 47.7 cm³/mol. The second-order valence-corrected chi connectivity index (χ2v) is 3.41. The van der Waals surface area contributed by atoms with Gasteiger partial charge in [-0.15, -0.1) is 0 Å². The smallest absolute Gasteiger partial charge is 0.409 e. The largest absolute Gasteiger partial charge is 0.481 e. The fourth-order valence-corrected chi connectivity index (χ4v) is 1.60. The van der Waals surface area contributed by atoms with Crippen molar-refractivity contribution in [3.63, 3.8) is 0 Å². The number of rotatable bonds is 1. The third-order valence-corrected chi connectivity index (χ3v) is 2.26. The van der Waals surface area contributed by atoms with Crippen LogP contribution in [0.3, 0.4) is 0 Å². The topological polar surface area (TPSA) is 92.9 Å². The second kappa shape index (κ2) is 4.28. The molecule has 1 saturated heterocycles. The number of ether oxygens (including phenoxy) is 1. The van der Waals surface area contributed by atoms with Crippen LogP contribution < -0.4 is 5.73 Å². The van der Waals surface area contributed by atoms with Crippen LogP contribution in [0, 0.1) is 5.92 Å². The number of amides is 1. The number of hydrogen-bond acceptors (Lipinski definition) is 4. The Balaban J connectivity index is 2.62. The van der Waals surface area contributed by atoms with Gasteiger partial charge in [-0.2, -0.15) is 0 Å². The van der Waals surface area contributed by atoms with Crippen molar-refractivity contribution in [1.29, 1.82) is 0 Å². The number of piperidine rings is 1. The Labute approximate surface area is 81.6 Å². The van der Waals surface area contributed by atoms with E-state index in [0.717, 1.165) is 0 Å². The van der Waals surface area contributed by atoms with Crippen LogP contribution in [-0.2, 0) is 9.53 Å². The molecule has 3 N–H and O–H groups in total. The lowest BCUT2D eigenvalue weighted by Crippen LogP contribution is -2.51. The second-order valence-electron chi connectivity index (χ2n) is 3.41. The van der Waals surface area contributed by atoms with E-state index in [1.54, 1.807) is 0 Å². The molecule has 0 aromatic rings. The standard InChI is InChI=1S/C8H14N2O4/c1-14-8(13)10-3-5(7(11)12)2-6(9)4-10/h5-6H,2-4,9H2,1H3,(H,11,12). The Bertz CT molecular complexity index is 243. The number of nitrogens with zero attached hydrogens (tertiary/aromatic N) is 1. The van der Waals surface area contributed by atoms with E-state index in [-0.39, 0.29) is 12.6 Å². The van der Waals surface area contributed by atoms with Crippen LogP contribution in [0.5, 0.6) is 0 Å². The maximum absolute atomic E-state index is 11.1. The molecule has 0 bridgehead atoms. The van der Waals surface area contributed by atoms with Gasteiger partial charge < -0.3 is 20.5 Å². The number of carboxylic acids is 1. The molecular formula is C8H14N2O4. The fourth-order valence-electron chi connectivity index (χ4n) is 1.60. The van der Waals surface area contributed by atoms with E-state index in [9.17, 15) is 9.59 Å². The number of aliphatic carboxylic acids is 1. The highest BCUT2D eigenvalue weighted by molar-refractivity contribution is 5.73. The van der Waals surface area contributed by atoms with E-state index >= 15 is 0 Å². The number of methoxy groups -OCH3 is 1. The molecule has 2 atom stereocenters. The monoisotopic (exact) mass is 202 g/mol. The van der Waals surface area contributed by atoms with Gasteiger partial charge in [0.1, 0.15) is 0 Å².